The Morgan fingerprint density at radius 2 is 2.09 bits per heavy atom. The minimum atomic E-state index is -0.378. The van der Waals surface area contributed by atoms with Gasteiger partial charge in [-0.2, -0.15) is 5.10 Å². The molecule has 0 aliphatic heterocycles. The maximum atomic E-state index is 11.9. The molecule has 3 rings (SSSR count). The van der Waals surface area contributed by atoms with Gasteiger partial charge in [0.1, 0.15) is 6.29 Å². The summed E-state index contributed by atoms with van der Waals surface area (Å²) in [5.74, 6) is -0.185. The molecule has 0 spiro atoms. The maximum Gasteiger partial charge on any atom is 0.340 e. The molecule has 0 amide bonds. The molecule has 0 bridgehead atoms. The Bertz CT molecular complexity index is 730. The quantitative estimate of drug-likeness (QED) is 0.694. The van der Waals surface area contributed by atoms with Crippen LogP contribution in [0.3, 0.4) is 0 Å². The lowest BCUT2D eigenvalue weighted by atomic mass is 9.87. The van der Waals surface area contributed by atoms with E-state index in [0.717, 1.165) is 48.6 Å². The van der Waals surface area contributed by atoms with E-state index in [-0.39, 0.29) is 11.9 Å². The van der Waals surface area contributed by atoms with Crippen molar-refractivity contribution in [3.05, 3.63) is 23.9 Å². The summed E-state index contributed by atoms with van der Waals surface area (Å²) in [7, 11) is 3.15. The number of carbonyl (C=O) groups excluding carboxylic acids is 2. The largest absolute Gasteiger partial charge is 0.465 e. The molecular formula is C17H21N3O3. The van der Waals surface area contributed by atoms with E-state index >= 15 is 0 Å². The molecule has 0 unspecified atom stereocenters. The Morgan fingerprint density at radius 3 is 2.70 bits per heavy atom. The third kappa shape index (κ3) is 2.93. The van der Waals surface area contributed by atoms with Crippen LogP contribution in [0.4, 0.5) is 5.69 Å². The molecule has 1 heterocycles. The number of nitrogens with zero attached hydrogens (tertiary/aromatic N) is 2. The van der Waals surface area contributed by atoms with Crippen molar-refractivity contribution in [2.45, 2.75) is 31.7 Å². The molecule has 1 aliphatic rings. The molecule has 0 atom stereocenters. The number of methoxy groups -OCH3 is 1. The second-order valence-electron chi connectivity index (χ2n) is 6.01. The van der Waals surface area contributed by atoms with E-state index in [1.807, 2.05) is 16.9 Å². The van der Waals surface area contributed by atoms with Crippen LogP contribution in [-0.2, 0) is 9.53 Å². The number of benzene rings is 1. The van der Waals surface area contributed by atoms with E-state index in [4.69, 9.17) is 4.74 Å². The molecule has 23 heavy (non-hydrogen) atoms. The molecule has 2 aromatic rings. The van der Waals surface area contributed by atoms with Gasteiger partial charge in [0.25, 0.3) is 0 Å². The Morgan fingerprint density at radius 1 is 1.35 bits per heavy atom. The zero-order chi connectivity index (χ0) is 16.4. The van der Waals surface area contributed by atoms with Gasteiger partial charge in [-0.25, -0.2) is 4.79 Å². The van der Waals surface area contributed by atoms with Gasteiger partial charge in [-0.1, -0.05) is 0 Å². The third-order valence-electron chi connectivity index (χ3n) is 4.64. The number of fused-ring (bicyclic) bond motifs is 1. The van der Waals surface area contributed by atoms with Crippen molar-refractivity contribution in [2.24, 2.45) is 5.92 Å². The zero-order valence-corrected chi connectivity index (χ0v) is 13.4. The van der Waals surface area contributed by atoms with Crippen molar-refractivity contribution in [1.82, 2.24) is 9.78 Å². The summed E-state index contributed by atoms with van der Waals surface area (Å²) in [6.07, 6.45) is 6.83. The number of hydrogen-bond donors (Lipinski definition) is 1. The van der Waals surface area contributed by atoms with Crippen LogP contribution in [0.2, 0.25) is 0 Å². The first-order valence-electron chi connectivity index (χ1n) is 7.90. The van der Waals surface area contributed by atoms with Crippen LogP contribution in [0.5, 0.6) is 0 Å². The van der Waals surface area contributed by atoms with E-state index in [1.165, 1.54) is 7.11 Å². The van der Waals surface area contributed by atoms with Crippen LogP contribution >= 0.6 is 0 Å². The minimum absolute atomic E-state index is 0.193. The summed E-state index contributed by atoms with van der Waals surface area (Å²) < 4.78 is 6.81. The van der Waals surface area contributed by atoms with Gasteiger partial charge < -0.3 is 14.8 Å². The van der Waals surface area contributed by atoms with Gasteiger partial charge in [0.2, 0.25) is 0 Å². The Kier molecular flexibility index (Phi) is 4.32. The van der Waals surface area contributed by atoms with Crippen molar-refractivity contribution in [2.75, 3.05) is 19.5 Å². The minimum Gasteiger partial charge on any atom is -0.465 e. The average molecular weight is 315 g/mol. The molecule has 6 heteroatoms. The summed E-state index contributed by atoms with van der Waals surface area (Å²) in [6, 6.07) is 4.00. The van der Waals surface area contributed by atoms with Gasteiger partial charge in [-0.15, -0.1) is 0 Å². The predicted molar refractivity (Wildman–Crippen MR) is 87.7 cm³/mol. The fourth-order valence-electron chi connectivity index (χ4n) is 3.27. The van der Waals surface area contributed by atoms with Crippen molar-refractivity contribution >= 4 is 28.8 Å². The highest BCUT2D eigenvalue weighted by atomic mass is 16.5. The fourth-order valence-corrected chi connectivity index (χ4v) is 3.27. The highest BCUT2D eigenvalue weighted by molar-refractivity contribution is 6.00. The molecule has 122 valence electrons. The lowest BCUT2D eigenvalue weighted by molar-refractivity contribution is -0.112. The van der Waals surface area contributed by atoms with Crippen molar-refractivity contribution < 1.29 is 14.3 Å². The maximum absolute atomic E-state index is 11.9. The topological polar surface area (TPSA) is 73.2 Å². The molecule has 1 aliphatic carbocycles. The number of carbonyl (C=O) groups is 2. The molecule has 6 nitrogen and oxygen atoms in total. The van der Waals surface area contributed by atoms with Crippen molar-refractivity contribution in [3.63, 3.8) is 0 Å². The number of hydrogen-bond acceptors (Lipinski definition) is 5. The molecule has 1 fully saturated rings. The lowest BCUT2D eigenvalue weighted by Gasteiger charge is -2.25. The normalized spacial score (nSPS) is 21.1. The summed E-state index contributed by atoms with van der Waals surface area (Å²) in [5, 5.41) is 8.65. The molecular weight excluding hydrogens is 294 g/mol. The highest BCUT2D eigenvalue weighted by Gasteiger charge is 2.23. The molecule has 0 saturated heterocycles. The number of aromatic nitrogens is 2. The van der Waals surface area contributed by atoms with E-state index in [9.17, 15) is 9.59 Å². The Balaban J connectivity index is 1.92. The molecule has 0 radical (unpaired) electrons. The smallest absolute Gasteiger partial charge is 0.340 e. The van der Waals surface area contributed by atoms with Crippen LogP contribution in [0.1, 0.15) is 42.1 Å². The van der Waals surface area contributed by atoms with E-state index in [2.05, 4.69) is 10.4 Å². The molecule has 1 aromatic carbocycles. The van der Waals surface area contributed by atoms with Crippen LogP contribution in [0, 0.1) is 5.92 Å². The molecule has 1 aromatic heterocycles. The first kappa shape index (κ1) is 15.5. The predicted octanol–water partition coefficient (Wildman–Crippen LogP) is 2.79. The van der Waals surface area contributed by atoms with Gasteiger partial charge in [-0.05, 0) is 37.8 Å². The van der Waals surface area contributed by atoms with Crippen LogP contribution in [0.15, 0.2) is 18.3 Å². The second kappa shape index (κ2) is 6.40. The van der Waals surface area contributed by atoms with Gasteiger partial charge in [0.15, 0.2) is 0 Å². The van der Waals surface area contributed by atoms with Gasteiger partial charge in [0.05, 0.1) is 24.2 Å². The first-order chi connectivity index (χ1) is 11.2. The van der Waals surface area contributed by atoms with Crippen LogP contribution < -0.4 is 5.32 Å². The lowest BCUT2D eigenvalue weighted by Crippen LogP contribution is -2.19. The monoisotopic (exact) mass is 315 g/mol. The van der Waals surface area contributed by atoms with E-state index in [0.29, 0.717) is 11.6 Å². The third-order valence-corrected chi connectivity index (χ3v) is 4.64. The average Bonchev–Trinajstić information content (AvgIpc) is 3.02. The summed E-state index contributed by atoms with van der Waals surface area (Å²) >= 11 is 0. The van der Waals surface area contributed by atoms with Gasteiger partial charge in [-0.3, -0.25) is 4.68 Å². The summed E-state index contributed by atoms with van der Waals surface area (Å²) in [4.78, 5) is 22.8. The van der Waals surface area contributed by atoms with Gasteiger partial charge >= 0.3 is 5.97 Å². The summed E-state index contributed by atoms with van der Waals surface area (Å²) in [5.41, 5.74) is 1.99. The second-order valence-corrected chi connectivity index (χ2v) is 6.01. The number of anilines is 1. The number of nitrogens with one attached hydrogen (secondary N) is 1. The van der Waals surface area contributed by atoms with E-state index < -0.39 is 0 Å². The van der Waals surface area contributed by atoms with Crippen molar-refractivity contribution in [3.8, 4) is 0 Å². The van der Waals surface area contributed by atoms with Crippen molar-refractivity contribution in [1.29, 1.82) is 0 Å². The van der Waals surface area contributed by atoms with Crippen LogP contribution in [-0.4, -0.2) is 36.2 Å². The number of ether oxygens (including phenoxy) is 1. The first-order valence-corrected chi connectivity index (χ1v) is 7.90. The Labute approximate surface area is 134 Å². The number of esters is 1. The molecule has 1 saturated carbocycles. The zero-order valence-electron chi connectivity index (χ0n) is 13.4. The SMILES string of the molecule is CNc1cc2cn(C3CCC(C=O)CC3)nc2cc1C(=O)OC. The van der Waals surface area contributed by atoms with E-state index in [1.54, 1.807) is 13.1 Å². The fraction of sp³-hybridized carbons (Fsp3) is 0.471. The number of aldehydes is 1. The molecule has 1 N–H and O–H groups in total. The number of rotatable bonds is 4. The Hall–Kier alpha value is -2.37. The highest BCUT2D eigenvalue weighted by Crippen LogP contribution is 2.32. The standard InChI is InChI=1S/C17H21N3O3/c1-18-16-7-12-9-20(13-5-3-11(10-21)4-6-13)19-15(12)8-14(16)17(22)23-2/h7-11,13,18H,3-6H2,1-2H3. The summed E-state index contributed by atoms with van der Waals surface area (Å²) in [6.45, 7) is 0. The van der Waals surface area contributed by atoms with Gasteiger partial charge in [0, 0.05) is 30.2 Å². The van der Waals surface area contributed by atoms with Crippen LogP contribution in [0.25, 0.3) is 10.9 Å².